The number of amides is 1. The van der Waals surface area contributed by atoms with Crippen LogP contribution in [0.4, 0.5) is 5.82 Å². The highest BCUT2D eigenvalue weighted by Crippen LogP contribution is 2.29. The van der Waals surface area contributed by atoms with E-state index in [4.69, 9.17) is 0 Å². The molecule has 2 aliphatic heterocycles. The van der Waals surface area contributed by atoms with Crippen LogP contribution in [0.1, 0.15) is 43.5 Å². The van der Waals surface area contributed by atoms with E-state index in [9.17, 15) is 4.79 Å². The van der Waals surface area contributed by atoms with Crippen molar-refractivity contribution in [1.29, 1.82) is 0 Å². The molecule has 0 bridgehead atoms. The van der Waals surface area contributed by atoms with Crippen molar-refractivity contribution in [3.05, 3.63) is 41.0 Å². The molecule has 29 heavy (non-hydrogen) atoms. The summed E-state index contributed by atoms with van der Waals surface area (Å²) in [6, 6.07) is 4.60. The monoisotopic (exact) mass is 413 g/mol. The molecule has 2 fully saturated rings. The molecule has 6 nitrogen and oxygen atoms in total. The Morgan fingerprint density at radius 2 is 2.14 bits per heavy atom. The molecule has 2 aromatic heterocycles. The summed E-state index contributed by atoms with van der Waals surface area (Å²) in [5.41, 5.74) is 0. The standard InChI is InChI=1S/C22H31N5OS/c1-17-6-11-26(12-7-17)19(20-5-3-13-29-20)14-25-22(28)18-4-2-10-27(16-18)21-15-23-8-9-24-21/h3,5,8-9,13,15,17-19H,2,4,6-7,10-12,14,16H2,1H3,(H,25,28)/t18-,19-/m0/s1. The lowest BCUT2D eigenvalue weighted by atomic mass is 9.96. The number of hydrogen-bond acceptors (Lipinski definition) is 6. The fourth-order valence-corrected chi connectivity index (χ4v) is 5.29. The van der Waals surface area contributed by atoms with Crippen molar-refractivity contribution in [2.75, 3.05) is 37.6 Å². The number of rotatable bonds is 6. The summed E-state index contributed by atoms with van der Waals surface area (Å²) in [5, 5.41) is 5.42. The molecular formula is C22H31N5OS. The van der Waals surface area contributed by atoms with Crippen molar-refractivity contribution >= 4 is 23.1 Å². The minimum Gasteiger partial charge on any atom is -0.355 e. The first-order valence-electron chi connectivity index (χ1n) is 10.8. The number of anilines is 1. The molecule has 2 atom stereocenters. The van der Waals surface area contributed by atoms with Crippen molar-refractivity contribution in [3.63, 3.8) is 0 Å². The fraction of sp³-hybridized carbons (Fsp3) is 0.591. The molecular weight excluding hydrogens is 382 g/mol. The quantitative estimate of drug-likeness (QED) is 0.787. The summed E-state index contributed by atoms with van der Waals surface area (Å²) >= 11 is 1.79. The van der Waals surface area contributed by atoms with Gasteiger partial charge in [0.15, 0.2) is 0 Å². The SMILES string of the molecule is CC1CCN([C@@H](CNC(=O)[C@H]2CCCN(c3cnccn3)C2)c2cccs2)CC1. The first-order chi connectivity index (χ1) is 14.2. The number of thiophene rings is 1. The van der Waals surface area contributed by atoms with Gasteiger partial charge in [-0.1, -0.05) is 13.0 Å². The van der Waals surface area contributed by atoms with E-state index in [1.165, 1.54) is 17.7 Å². The second-order valence-corrected chi connectivity index (χ2v) is 9.32. The second-order valence-electron chi connectivity index (χ2n) is 8.34. The maximum Gasteiger partial charge on any atom is 0.224 e. The number of carbonyl (C=O) groups is 1. The molecule has 2 aliphatic rings. The van der Waals surface area contributed by atoms with Crippen molar-refractivity contribution in [3.8, 4) is 0 Å². The van der Waals surface area contributed by atoms with Gasteiger partial charge in [-0.15, -0.1) is 11.3 Å². The van der Waals surface area contributed by atoms with Crippen LogP contribution in [0.15, 0.2) is 36.1 Å². The second kappa shape index (κ2) is 9.67. The summed E-state index contributed by atoms with van der Waals surface area (Å²) in [4.78, 5) is 27.6. The van der Waals surface area contributed by atoms with Crippen LogP contribution in [0.25, 0.3) is 0 Å². The van der Waals surface area contributed by atoms with Gasteiger partial charge in [0.25, 0.3) is 0 Å². The molecule has 0 unspecified atom stereocenters. The number of piperidine rings is 2. The van der Waals surface area contributed by atoms with Gasteiger partial charge in [0.1, 0.15) is 5.82 Å². The molecule has 1 amide bonds. The van der Waals surface area contributed by atoms with E-state index in [1.807, 2.05) is 0 Å². The van der Waals surface area contributed by atoms with Crippen molar-refractivity contribution in [1.82, 2.24) is 20.2 Å². The highest BCUT2D eigenvalue weighted by Gasteiger charge is 2.29. The van der Waals surface area contributed by atoms with Crippen molar-refractivity contribution < 1.29 is 4.79 Å². The summed E-state index contributed by atoms with van der Waals surface area (Å²) in [7, 11) is 0. The van der Waals surface area contributed by atoms with Gasteiger partial charge in [0, 0.05) is 36.9 Å². The Labute approximate surface area is 177 Å². The topological polar surface area (TPSA) is 61.4 Å². The van der Waals surface area contributed by atoms with E-state index in [-0.39, 0.29) is 17.9 Å². The Balaban J connectivity index is 1.36. The summed E-state index contributed by atoms with van der Waals surface area (Å²) in [6.45, 7) is 6.91. The summed E-state index contributed by atoms with van der Waals surface area (Å²) in [6.07, 6.45) is 9.61. The first kappa shape index (κ1) is 20.3. The minimum atomic E-state index is 0.0103. The van der Waals surface area contributed by atoms with Gasteiger partial charge in [-0.05, 0) is 56.1 Å². The molecule has 7 heteroatoms. The van der Waals surface area contributed by atoms with E-state index < -0.39 is 0 Å². The third-order valence-corrected chi connectivity index (χ3v) is 7.24. The van der Waals surface area contributed by atoms with Crippen molar-refractivity contribution in [2.45, 2.75) is 38.6 Å². The van der Waals surface area contributed by atoms with Crippen LogP contribution in [0.2, 0.25) is 0 Å². The minimum absolute atomic E-state index is 0.0103. The van der Waals surface area contributed by atoms with Crippen LogP contribution in [0.3, 0.4) is 0 Å². The maximum atomic E-state index is 13.0. The smallest absolute Gasteiger partial charge is 0.224 e. The Morgan fingerprint density at radius 1 is 1.28 bits per heavy atom. The van der Waals surface area contributed by atoms with Gasteiger partial charge < -0.3 is 10.2 Å². The van der Waals surface area contributed by atoms with Crippen LogP contribution in [-0.2, 0) is 4.79 Å². The predicted molar refractivity (Wildman–Crippen MR) is 117 cm³/mol. The van der Waals surface area contributed by atoms with Crippen LogP contribution in [0, 0.1) is 11.8 Å². The zero-order valence-electron chi connectivity index (χ0n) is 17.2. The lowest BCUT2D eigenvalue weighted by molar-refractivity contribution is -0.125. The number of nitrogens with zero attached hydrogens (tertiary/aromatic N) is 4. The molecule has 4 rings (SSSR count). The Hall–Kier alpha value is -1.99. The highest BCUT2D eigenvalue weighted by molar-refractivity contribution is 7.10. The Kier molecular flexibility index (Phi) is 6.77. The molecule has 156 valence electrons. The highest BCUT2D eigenvalue weighted by atomic mass is 32.1. The first-order valence-corrected chi connectivity index (χ1v) is 11.6. The molecule has 4 heterocycles. The van der Waals surface area contributed by atoms with Gasteiger partial charge in [0.2, 0.25) is 5.91 Å². The van der Waals surface area contributed by atoms with Crippen LogP contribution < -0.4 is 10.2 Å². The normalized spacial score (nSPS) is 22.4. The van der Waals surface area contributed by atoms with Crippen LogP contribution >= 0.6 is 11.3 Å². The van der Waals surface area contributed by atoms with E-state index in [2.05, 4.69) is 49.5 Å². The lowest BCUT2D eigenvalue weighted by Crippen LogP contribution is -2.46. The molecule has 0 saturated carbocycles. The summed E-state index contributed by atoms with van der Waals surface area (Å²) < 4.78 is 0. The third kappa shape index (κ3) is 5.14. The van der Waals surface area contributed by atoms with E-state index in [0.717, 1.165) is 50.8 Å². The molecule has 0 spiro atoms. The van der Waals surface area contributed by atoms with Gasteiger partial charge >= 0.3 is 0 Å². The average molecular weight is 414 g/mol. The van der Waals surface area contributed by atoms with E-state index >= 15 is 0 Å². The molecule has 2 saturated heterocycles. The number of hydrogen-bond donors (Lipinski definition) is 1. The van der Waals surface area contributed by atoms with Gasteiger partial charge in [0.05, 0.1) is 18.2 Å². The number of nitrogens with one attached hydrogen (secondary N) is 1. The van der Waals surface area contributed by atoms with Gasteiger partial charge in [-0.2, -0.15) is 0 Å². The largest absolute Gasteiger partial charge is 0.355 e. The number of likely N-dealkylation sites (tertiary alicyclic amines) is 1. The molecule has 0 aromatic carbocycles. The van der Waals surface area contributed by atoms with E-state index in [1.54, 1.807) is 29.9 Å². The fourth-order valence-electron chi connectivity index (χ4n) is 4.43. The van der Waals surface area contributed by atoms with Crippen LogP contribution in [-0.4, -0.2) is 53.5 Å². The maximum absolute atomic E-state index is 13.0. The number of aromatic nitrogens is 2. The molecule has 0 radical (unpaired) electrons. The third-order valence-electron chi connectivity index (χ3n) is 6.27. The van der Waals surface area contributed by atoms with Crippen LogP contribution in [0.5, 0.6) is 0 Å². The molecule has 1 N–H and O–H groups in total. The molecule has 2 aromatic rings. The van der Waals surface area contributed by atoms with Gasteiger partial charge in [-0.3, -0.25) is 14.7 Å². The zero-order chi connectivity index (χ0) is 20.1. The zero-order valence-corrected chi connectivity index (χ0v) is 18.0. The summed E-state index contributed by atoms with van der Waals surface area (Å²) in [5.74, 6) is 1.85. The Morgan fingerprint density at radius 3 is 2.86 bits per heavy atom. The predicted octanol–water partition coefficient (Wildman–Crippen LogP) is 3.34. The molecule has 0 aliphatic carbocycles. The number of carbonyl (C=O) groups excluding carboxylic acids is 1. The van der Waals surface area contributed by atoms with Crippen molar-refractivity contribution in [2.24, 2.45) is 11.8 Å². The average Bonchev–Trinajstić information content (AvgIpc) is 3.30. The van der Waals surface area contributed by atoms with Gasteiger partial charge in [-0.25, -0.2) is 4.98 Å². The van der Waals surface area contributed by atoms with E-state index in [0.29, 0.717) is 6.54 Å². The Bertz CT molecular complexity index is 761. The lowest BCUT2D eigenvalue weighted by Gasteiger charge is -2.37.